The molecular formula is C25H34BN3O7S. The van der Waals surface area contributed by atoms with Crippen LogP contribution in [0.5, 0.6) is 5.75 Å². The molecule has 12 heteroatoms. The zero-order chi connectivity index (χ0) is 27.4. The minimum absolute atomic E-state index is 0.0467. The van der Waals surface area contributed by atoms with E-state index in [0.29, 0.717) is 13.0 Å². The number of aliphatic hydroxyl groups excluding tert-OH is 1. The van der Waals surface area contributed by atoms with Gasteiger partial charge in [0.1, 0.15) is 5.75 Å². The van der Waals surface area contributed by atoms with Crippen molar-refractivity contribution in [2.75, 3.05) is 19.7 Å². The number of hydrogen-bond donors (Lipinski definition) is 1. The molecule has 1 unspecified atom stereocenters. The van der Waals surface area contributed by atoms with Gasteiger partial charge in [-0.2, -0.15) is 4.31 Å². The van der Waals surface area contributed by atoms with Crippen LogP contribution in [0.15, 0.2) is 58.4 Å². The van der Waals surface area contributed by atoms with Gasteiger partial charge in [0.05, 0.1) is 28.6 Å². The summed E-state index contributed by atoms with van der Waals surface area (Å²) in [5, 5.41) is 22.0. The molecule has 37 heavy (non-hydrogen) atoms. The van der Waals surface area contributed by atoms with E-state index in [9.17, 15) is 23.6 Å². The lowest BCUT2D eigenvalue weighted by Gasteiger charge is -2.28. The number of hydrogen-bond acceptors (Lipinski definition) is 8. The van der Waals surface area contributed by atoms with Crippen LogP contribution in [0.4, 0.5) is 5.69 Å². The van der Waals surface area contributed by atoms with Crippen molar-refractivity contribution in [3.63, 3.8) is 0 Å². The van der Waals surface area contributed by atoms with Crippen LogP contribution in [0.1, 0.15) is 39.2 Å². The lowest BCUT2D eigenvalue weighted by Crippen LogP contribution is -2.44. The minimum Gasteiger partial charge on any atom is -0.560 e. The van der Waals surface area contributed by atoms with Gasteiger partial charge in [-0.15, -0.1) is 0 Å². The Morgan fingerprint density at radius 2 is 1.78 bits per heavy atom. The zero-order valence-corrected chi connectivity index (χ0v) is 22.2. The SMILES string of the molecule is [B]OC=N[C@@H](Cc1ccc(OCCCC)cc1)C(O)CN(CC(C)C)S(=O)(=O)c1ccc([N+](=O)[O-])cc1. The van der Waals surface area contributed by atoms with Crippen LogP contribution >= 0.6 is 0 Å². The Hall–Kier alpha value is -2.96. The molecule has 0 aliphatic rings. The number of ether oxygens (including phenoxy) is 1. The largest absolute Gasteiger partial charge is 0.560 e. The van der Waals surface area contributed by atoms with Crippen molar-refractivity contribution < 1.29 is 27.8 Å². The second-order valence-corrected chi connectivity index (χ2v) is 11.0. The molecule has 0 aromatic heterocycles. The number of nitrogens with zero attached hydrogens (tertiary/aromatic N) is 3. The van der Waals surface area contributed by atoms with Gasteiger partial charge >= 0.3 is 8.05 Å². The number of rotatable bonds is 16. The summed E-state index contributed by atoms with van der Waals surface area (Å²) in [6, 6.07) is 11.3. The maximum atomic E-state index is 13.4. The minimum atomic E-state index is -4.05. The molecular weight excluding hydrogens is 497 g/mol. The first kappa shape index (κ1) is 30.3. The number of nitro groups is 1. The van der Waals surface area contributed by atoms with Crippen molar-refractivity contribution in [3.05, 3.63) is 64.2 Å². The average molecular weight is 531 g/mol. The van der Waals surface area contributed by atoms with Gasteiger partial charge in [0.25, 0.3) is 5.69 Å². The molecule has 0 bridgehead atoms. The fourth-order valence-electron chi connectivity index (χ4n) is 3.60. The van der Waals surface area contributed by atoms with Gasteiger partial charge in [-0.25, -0.2) is 8.42 Å². The fraction of sp³-hybridized carbons (Fsp3) is 0.480. The van der Waals surface area contributed by atoms with E-state index < -0.39 is 27.1 Å². The van der Waals surface area contributed by atoms with Gasteiger partial charge in [0, 0.05) is 25.2 Å². The summed E-state index contributed by atoms with van der Waals surface area (Å²) in [5.74, 6) is 0.690. The number of nitro benzene ring substituents is 1. The van der Waals surface area contributed by atoms with Crippen molar-refractivity contribution >= 4 is 30.2 Å². The number of sulfonamides is 1. The third-order valence-corrected chi connectivity index (χ3v) is 7.38. The van der Waals surface area contributed by atoms with Crippen LogP contribution in [0.2, 0.25) is 0 Å². The Kier molecular flexibility index (Phi) is 12.0. The molecule has 2 radical (unpaired) electrons. The van der Waals surface area contributed by atoms with Crippen LogP contribution in [0.25, 0.3) is 0 Å². The number of aliphatic imine (C=N–C) groups is 1. The Morgan fingerprint density at radius 3 is 2.32 bits per heavy atom. The average Bonchev–Trinajstić information content (AvgIpc) is 2.86. The van der Waals surface area contributed by atoms with Crippen molar-refractivity contribution in [1.82, 2.24) is 4.31 Å². The molecule has 0 saturated carbocycles. The summed E-state index contributed by atoms with van der Waals surface area (Å²) in [4.78, 5) is 14.4. The van der Waals surface area contributed by atoms with Crippen LogP contribution in [-0.2, 0) is 21.1 Å². The molecule has 2 aromatic rings. The zero-order valence-electron chi connectivity index (χ0n) is 21.4. The van der Waals surface area contributed by atoms with Gasteiger partial charge in [0.2, 0.25) is 10.0 Å². The molecule has 0 fully saturated rings. The standard InChI is InChI=1S/C25H34BN3O7S/c1-4-5-14-35-22-10-6-20(7-11-22)15-24(27-18-36-26)25(30)17-28(16-19(2)3)37(33,34)23-12-8-21(9-13-23)29(31)32/h6-13,18-19,24-25,30H,4-5,14-17H2,1-3H3/t24-,25?/m0/s1. The molecule has 0 aliphatic heterocycles. The lowest BCUT2D eigenvalue weighted by atomic mass is 10.0. The van der Waals surface area contributed by atoms with Gasteiger partial charge in [-0.3, -0.25) is 15.1 Å². The first-order valence-corrected chi connectivity index (χ1v) is 13.5. The van der Waals surface area contributed by atoms with Gasteiger partial charge in [-0.1, -0.05) is 39.3 Å². The highest BCUT2D eigenvalue weighted by Gasteiger charge is 2.30. The van der Waals surface area contributed by atoms with E-state index >= 15 is 0 Å². The number of non-ortho nitro benzene ring substituents is 1. The third kappa shape index (κ3) is 9.45. The lowest BCUT2D eigenvalue weighted by molar-refractivity contribution is -0.384. The molecule has 0 aliphatic carbocycles. The molecule has 2 rings (SSSR count). The summed E-state index contributed by atoms with van der Waals surface area (Å²) >= 11 is 0. The van der Waals surface area contributed by atoms with Gasteiger partial charge < -0.3 is 14.5 Å². The summed E-state index contributed by atoms with van der Waals surface area (Å²) in [7, 11) is 1.04. The Labute approximate surface area is 220 Å². The predicted molar refractivity (Wildman–Crippen MR) is 142 cm³/mol. The Balaban J connectivity index is 2.23. The van der Waals surface area contributed by atoms with E-state index in [-0.39, 0.29) is 29.6 Å². The van der Waals surface area contributed by atoms with E-state index in [0.717, 1.165) is 42.7 Å². The van der Waals surface area contributed by atoms with Crippen molar-refractivity contribution in [2.24, 2.45) is 10.9 Å². The first-order chi connectivity index (χ1) is 17.6. The van der Waals surface area contributed by atoms with Crippen molar-refractivity contribution in [2.45, 2.75) is 57.1 Å². The smallest absolute Gasteiger partial charge is 0.375 e. The van der Waals surface area contributed by atoms with E-state index in [4.69, 9.17) is 12.8 Å². The van der Waals surface area contributed by atoms with Gasteiger partial charge in [-0.05, 0) is 48.6 Å². The molecule has 10 nitrogen and oxygen atoms in total. The highest BCUT2D eigenvalue weighted by molar-refractivity contribution is 7.89. The molecule has 0 heterocycles. The van der Waals surface area contributed by atoms with Crippen LogP contribution in [0, 0.1) is 16.0 Å². The topological polar surface area (TPSA) is 132 Å². The monoisotopic (exact) mass is 531 g/mol. The van der Waals surface area contributed by atoms with E-state index in [1.165, 1.54) is 16.4 Å². The second kappa shape index (κ2) is 14.7. The first-order valence-electron chi connectivity index (χ1n) is 12.1. The number of unbranched alkanes of at least 4 members (excludes halogenated alkanes) is 1. The molecule has 0 spiro atoms. The van der Waals surface area contributed by atoms with Crippen LogP contribution in [0.3, 0.4) is 0 Å². The second-order valence-electron chi connectivity index (χ2n) is 9.04. The number of benzene rings is 2. The van der Waals surface area contributed by atoms with Gasteiger partial charge in [0.15, 0.2) is 6.40 Å². The summed E-state index contributed by atoms with van der Waals surface area (Å²) < 4.78 is 38.1. The van der Waals surface area contributed by atoms with E-state index in [1.54, 1.807) is 0 Å². The van der Waals surface area contributed by atoms with E-state index in [2.05, 4.69) is 16.6 Å². The highest BCUT2D eigenvalue weighted by atomic mass is 32.2. The Morgan fingerprint density at radius 1 is 1.14 bits per heavy atom. The third-order valence-electron chi connectivity index (χ3n) is 5.54. The molecule has 2 atom stereocenters. The molecule has 0 saturated heterocycles. The molecule has 0 amide bonds. The highest BCUT2D eigenvalue weighted by Crippen LogP contribution is 2.22. The Bertz CT molecular complexity index is 1110. The fourth-order valence-corrected chi connectivity index (χ4v) is 5.22. The summed E-state index contributed by atoms with van der Waals surface area (Å²) in [6.45, 7) is 6.30. The maximum Gasteiger partial charge on any atom is 0.375 e. The normalized spacial score (nSPS) is 13.7. The van der Waals surface area contributed by atoms with Crippen molar-refractivity contribution in [1.29, 1.82) is 0 Å². The summed E-state index contributed by atoms with van der Waals surface area (Å²) in [5.41, 5.74) is 0.641. The maximum absolute atomic E-state index is 13.4. The quantitative estimate of drug-likeness (QED) is 0.0876. The van der Waals surface area contributed by atoms with E-state index in [1.807, 2.05) is 38.1 Å². The molecule has 2 aromatic carbocycles. The predicted octanol–water partition coefficient (Wildman–Crippen LogP) is 3.52. The molecule has 200 valence electrons. The summed E-state index contributed by atoms with van der Waals surface area (Å²) in [6.07, 6.45) is 2.10. The molecule has 1 N–H and O–H groups in total. The number of aliphatic hydroxyl groups is 1. The van der Waals surface area contributed by atoms with Crippen LogP contribution in [-0.4, -0.2) is 69.0 Å². The van der Waals surface area contributed by atoms with Crippen LogP contribution < -0.4 is 4.74 Å². The van der Waals surface area contributed by atoms with Crippen molar-refractivity contribution in [3.8, 4) is 5.75 Å².